The normalized spacial score (nSPS) is 24.7. The minimum atomic E-state index is -0.689. The number of carbonyl (C=O) groups is 4. The molecule has 3 aromatic heterocycles. The molecule has 0 saturated carbocycles. The van der Waals surface area contributed by atoms with Crippen LogP contribution < -0.4 is 25.2 Å². The van der Waals surface area contributed by atoms with E-state index in [9.17, 15) is 19.2 Å². The molecule has 7 aliphatic heterocycles. The molecule has 6 aromatic rings. The van der Waals surface area contributed by atoms with Crippen LogP contribution in [-0.2, 0) is 21.4 Å². The monoisotopic (exact) mass is 1070 g/mol. The number of nitrogens with zero attached hydrogens (tertiary/aromatic N) is 10. The summed E-state index contributed by atoms with van der Waals surface area (Å²) in [5.41, 5.74) is 3.01. The van der Waals surface area contributed by atoms with Crippen LogP contribution in [0.25, 0.3) is 43.8 Å². The number of fused-ring (bicyclic) bond motifs is 6. The number of aromatic nitrogens is 5. The van der Waals surface area contributed by atoms with Crippen LogP contribution in [0, 0.1) is 29.9 Å². The molecule has 3 aromatic carbocycles. The fourth-order valence-corrected chi connectivity index (χ4v) is 13.9. The molecule has 5 atom stereocenters. The van der Waals surface area contributed by atoms with Crippen LogP contribution in [0.15, 0.2) is 66.9 Å². The molecule has 1 unspecified atom stereocenters. The van der Waals surface area contributed by atoms with Gasteiger partial charge in [-0.15, -0.1) is 6.42 Å². The zero-order chi connectivity index (χ0) is 54.3. The van der Waals surface area contributed by atoms with E-state index in [-0.39, 0.29) is 90.7 Å². The number of piperidine rings is 2. The zero-order valence-electron chi connectivity index (χ0n) is 44.2. The van der Waals surface area contributed by atoms with Crippen LogP contribution in [0.1, 0.15) is 81.3 Å². The number of carbonyl (C=O) groups excluding carboxylic acids is 4. The number of benzene rings is 3. The molecule has 79 heavy (non-hydrogen) atoms. The summed E-state index contributed by atoms with van der Waals surface area (Å²) in [6.45, 7) is 9.00. The average molecular weight is 1070 g/mol. The standard InChI is InChI=1S/C59H62F2N12O6/c1-4-42-46(60)15-11-36-7-5-9-44(49(36)42)51-50(61)52-45(27-62-51)53(71-30-39-12-13-40(31-71)63-39)66-56(65-52)79-33-59-20-16-41(73(59)28-34(2)26-59)32-78-58(77)70-21-6-8-38(29-70)55(75)69-22-17-35(18-23-69)37-10-14-43-47(25-37)68(3)67-54(43)72-24-19-48(74)64-57(72)76/h1,5,7,9-11,14-15,25,27,35,38-41,63H,2,6,8,12-13,16-24,26,28-33H2,3H3,(H,64,74,76)/t38?,39-,40+,41-,59-/m1/s1. The summed E-state index contributed by atoms with van der Waals surface area (Å²) in [5.74, 6) is 1.95. The van der Waals surface area contributed by atoms with Gasteiger partial charge in [0.15, 0.2) is 11.6 Å². The minimum absolute atomic E-state index is 0.00823. The average Bonchev–Trinajstić information content (AvgIpc) is 4.38. The van der Waals surface area contributed by atoms with E-state index in [2.05, 4.69) is 55.1 Å². The third-order valence-corrected chi connectivity index (χ3v) is 17.9. The van der Waals surface area contributed by atoms with Crippen molar-refractivity contribution >= 4 is 68.2 Å². The summed E-state index contributed by atoms with van der Waals surface area (Å²) in [5, 5.41) is 13.0. The maximum atomic E-state index is 17.3. The lowest BCUT2D eigenvalue weighted by molar-refractivity contribution is -0.138. The number of rotatable bonds is 10. The highest BCUT2D eigenvalue weighted by Crippen LogP contribution is 2.45. The number of nitrogens with one attached hydrogen (secondary N) is 2. The first-order chi connectivity index (χ1) is 38.3. The Kier molecular flexibility index (Phi) is 12.9. The number of amides is 5. The summed E-state index contributed by atoms with van der Waals surface area (Å²) >= 11 is 0. The predicted octanol–water partition coefficient (Wildman–Crippen LogP) is 7.17. The summed E-state index contributed by atoms with van der Waals surface area (Å²) in [4.78, 5) is 76.3. The molecule has 2 bridgehead atoms. The maximum absolute atomic E-state index is 17.3. The lowest BCUT2D eigenvalue weighted by atomic mass is 9.88. The van der Waals surface area contributed by atoms with Gasteiger partial charge in [0.1, 0.15) is 36.1 Å². The Bertz CT molecular complexity index is 3550. The van der Waals surface area contributed by atoms with Crippen molar-refractivity contribution in [2.24, 2.45) is 13.0 Å². The number of aryl methyl sites for hydroxylation is 1. The Labute approximate surface area is 455 Å². The molecule has 7 saturated heterocycles. The largest absolute Gasteiger partial charge is 0.461 e. The summed E-state index contributed by atoms with van der Waals surface area (Å²) < 4.78 is 46.9. The second-order valence-corrected chi connectivity index (χ2v) is 22.7. The smallest absolute Gasteiger partial charge is 0.409 e. The number of urea groups is 1. The van der Waals surface area contributed by atoms with E-state index in [1.165, 1.54) is 11.0 Å². The van der Waals surface area contributed by atoms with Crippen LogP contribution >= 0.6 is 0 Å². The van der Waals surface area contributed by atoms with E-state index < -0.39 is 29.3 Å². The molecule has 7 fully saturated rings. The number of pyridine rings is 1. The first kappa shape index (κ1) is 50.7. The molecule has 0 radical (unpaired) electrons. The Morgan fingerprint density at radius 1 is 0.924 bits per heavy atom. The lowest BCUT2D eigenvalue weighted by Gasteiger charge is -2.38. The number of halogens is 2. The highest BCUT2D eigenvalue weighted by Gasteiger charge is 2.52. The predicted molar refractivity (Wildman–Crippen MR) is 292 cm³/mol. The van der Waals surface area contributed by atoms with Gasteiger partial charge in [-0.1, -0.05) is 48.4 Å². The number of imide groups is 1. The van der Waals surface area contributed by atoms with E-state index in [0.717, 1.165) is 60.6 Å². The maximum Gasteiger partial charge on any atom is 0.409 e. The van der Waals surface area contributed by atoms with Gasteiger partial charge in [0.25, 0.3) is 0 Å². The summed E-state index contributed by atoms with van der Waals surface area (Å²) in [7, 11) is 1.85. The van der Waals surface area contributed by atoms with Gasteiger partial charge in [-0.3, -0.25) is 34.4 Å². The Balaban J connectivity index is 0.660. The zero-order valence-corrected chi connectivity index (χ0v) is 44.2. The van der Waals surface area contributed by atoms with Crippen LogP contribution in [0.2, 0.25) is 0 Å². The molecule has 0 aliphatic carbocycles. The van der Waals surface area contributed by atoms with Gasteiger partial charge >= 0.3 is 18.1 Å². The van der Waals surface area contributed by atoms with E-state index >= 15 is 8.78 Å². The van der Waals surface area contributed by atoms with Crippen molar-refractivity contribution < 1.29 is 37.4 Å². The lowest BCUT2D eigenvalue weighted by Crippen LogP contribution is -2.51. The van der Waals surface area contributed by atoms with Crippen molar-refractivity contribution in [2.45, 2.75) is 93.8 Å². The fraction of sp³-hybridized carbons (Fsp3) is 0.458. The number of likely N-dealkylation sites (tertiary alicyclic amines) is 2. The van der Waals surface area contributed by atoms with Crippen molar-refractivity contribution in [1.29, 1.82) is 0 Å². The first-order valence-electron chi connectivity index (χ1n) is 27.7. The number of ether oxygens (including phenoxy) is 2. The van der Waals surface area contributed by atoms with E-state index in [0.29, 0.717) is 98.4 Å². The van der Waals surface area contributed by atoms with Crippen molar-refractivity contribution in [2.75, 3.05) is 75.4 Å². The van der Waals surface area contributed by atoms with Crippen molar-refractivity contribution in [3.8, 4) is 29.6 Å². The molecule has 7 aliphatic rings. The second kappa shape index (κ2) is 20.2. The van der Waals surface area contributed by atoms with Gasteiger partial charge in [0.2, 0.25) is 11.8 Å². The van der Waals surface area contributed by atoms with Gasteiger partial charge in [0.05, 0.1) is 27.9 Å². The Morgan fingerprint density at radius 2 is 1.75 bits per heavy atom. The molecule has 0 spiro atoms. The van der Waals surface area contributed by atoms with Crippen molar-refractivity contribution in [1.82, 2.24) is 50.1 Å². The summed E-state index contributed by atoms with van der Waals surface area (Å²) in [6.07, 6.45) is 14.4. The molecular weight excluding hydrogens is 1010 g/mol. The number of piperazine rings is 1. The third-order valence-electron chi connectivity index (χ3n) is 17.9. The van der Waals surface area contributed by atoms with Gasteiger partial charge in [0, 0.05) is 106 Å². The number of anilines is 2. The van der Waals surface area contributed by atoms with Gasteiger partial charge < -0.3 is 29.5 Å². The molecule has 18 nitrogen and oxygen atoms in total. The summed E-state index contributed by atoms with van der Waals surface area (Å²) in [6, 6.07) is 14.4. The fourth-order valence-electron chi connectivity index (χ4n) is 13.9. The number of terminal acetylenes is 1. The molecule has 10 heterocycles. The highest BCUT2D eigenvalue weighted by molar-refractivity contribution is 6.09. The van der Waals surface area contributed by atoms with Crippen LogP contribution in [0.3, 0.4) is 0 Å². The highest BCUT2D eigenvalue weighted by atomic mass is 19.1. The first-order valence-corrected chi connectivity index (χ1v) is 27.7. The second-order valence-electron chi connectivity index (χ2n) is 22.7. The quantitative estimate of drug-likeness (QED) is 0.104. The minimum Gasteiger partial charge on any atom is -0.461 e. The van der Waals surface area contributed by atoms with Gasteiger partial charge in [-0.2, -0.15) is 15.1 Å². The number of hydrogen-bond acceptors (Lipinski definition) is 13. The molecular formula is C59H62F2N12O6. The van der Waals surface area contributed by atoms with Gasteiger partial charge in [-0.25, -0.2) is 18.4 Å². The molecule has 13 rings (SSSR count). The Hall–Kier alpha value is -7.76. The van der Waals surface area contributed by atoms with Crippen molar-refractivity contribution in [3.63, 3.8) is 0 Å². The molecule has 408 valence electrons. The number of hydrogen-bond donors (Lipinski definition) is 2. The third kappa shape index (κ3) is 9.13. The van der Waals surface area contributed by atoms with Crippen molar-refractivity contribution in [3.05, 3.63) is 89.6 Å². The van der Waals surface area contributed by atoms with Crippen LogP contribution in [0.5, 0.6) is 6.01 Å². The molecule has 5 amide bonds. The molecule has 20 heteroatoms. The van der Waals surface area contributed by atoms with Crippen LogP contribution in [0.4, 0.5) is 30.0 Å². The SMILES string of the molecule is C#Cc1c(F)ccc2cccc(-c3ncc4c(N5C[C@H]6CC[C@@H](C5)N6)nc(OC[C@]56CC[C@H](COC(=O)N7CCCC(C(=O)N8CCC(c9ccc%10c(N%11CCC(=O)NC%11=O)nn(C)c%10c9)CC8)C7)N5CC(=C)C6)nc4c3F)c12. The van der Waals surface area contributed by atoms with E-state index in [4.69, 9.17) is 25.9 Å². The van der Waals surface area contributed by atoms with E-state index in [1.54, 1.807) is 40.0 Å². The molecule has 2 N–H and O–H groups in total. The van der Waals surface area contributed by atoms with E-state index in [1.807, 2.05) is 18.0 Å². The van der Waals surface area contributed by atoms with Crippen LogP contribution in [-0.4, -0.2) is 153 Å². The topological polar surface area (TPSA) is 183 Å². The Morgan fingerprint density at radius 3 is 2.54 bits per heavy atom. The van der Waals surface area contributed by atoms with Gasteiger partial charge in [-0.05, 0) is 92.9 Å².